The summed E-state index contributed by atoms with van der Waals surface area (Å²) in [5.74, 6) is -1.80. The standard InChI is InChI=1S/C15H13F3N2O4/c1-9(14(22)19-8-15(16,17)18)23-13(21)7-6-12-20-10-4-2-3-5-11(10)24-12/h2-7,9H,8H2,1H3,(H,19,22)/b7-6-/t9-/m0/s1. The molecule has 0 radical (unpaired) electrons. The van der Waals surface area contributed by atoms with Crippen LogP contribution in [-0.4, -0.2) is 35.7 Å². The molecule has 1 amide bonds. The summed E-state index contributed by atoms with van der Waals surface area (Å²) in [4.78, 5) is 27.0. The van der Waals surface area contributed by atoms with Crippen molar-refractivity contribution in [3.05, 3.63) is 36.2 Å². The number of nitrogens with one attached hydrogen (secondary N) is 1. The van der Waals surface area contributed by atoms with Gasteiger partial charge in [-0.2, -0.15) is 13.2 Å². The molecule has 0 fully saturated rings. The Kier molecular flexibility index (Phi) is 5.22. The molecule has 2 rings (SSSR count). The second-order valence-corrected chi connectivity index (χ2v) is 4.77. The highest BCUT2D eigenvalue weighted by Gasteiger charge is 2.29. The van der Waals surface area contributed by atoms with Gasteiger partial charge in [-0.05, 0) is 19.1 Å². The largest absolute Gasteiger partial charge is 0.449 e. The molecule has 1 atom stereocenters. The number of esters is 1. The molecule has 24 heavy (non-hydrogen) atoms. The Labute approximate surface area is 134 Å². The number of amides is 1. The number of carbonyl (C=O) groups excluding carboxylic acids is 2. The fourth-order valence-corrected chi connectivity index (χ4v) is 1.70. The predicted octanol–water partition coefficient (Wildman–Crippen LogP) is 2.45. The number of nitrogens with zero attached hydrogens (tertiary/aromatic N) is 1. The molecule has 2 aromatic rings. The number of halogens is 3. The molecule has 0 saturated carbocycles. The van der Waals surface area contributed by atoms with E-state index < -0.39 is 30.7 Å². The van der Waals surface area contributed by atoms with Crippen molar-refractivity contribution in [2.45, 2.75) is 19.2 Å². The first-order chi connectivity index (χ1) is 11.2. The molecule has 6 nitrogen and oxygen atoms in total. The lowest BCUT2D eigenvalue weighted by atomic mass is 10.3. The van der Waals surface area contributed by atoms with Gasteiger partial charge in [0.05, 0.1) is 0 Å². The van der Waals surface area contributed by atoms with Crippen molar-refractivity contribution in [3.63, 3.8) is 0 Å². The van der Waals surface area contributed by atoms with Gasteiger partial charge in [-0.3, -0.25) is 4.79 Å². The average molecular weight is 342 g/mol. The summed E-state index contributed by atoms with van der Waals surface area (Å²) in [6.45, 7) is -0.330. The van der Waals surface area contributed by atoms with Crippen molar-refractivity contribution in [3.8, 4) is 0 Å². The lowest BCUT2D eigenvalue weighted by Crippen LogP contribution is -2.40. The average Bonchev–Trinajstić information content (AvgIpc) is 2.92. The van der Waals surface area contributed by atoms with Crippen LogP contribution in [0.5, 0.6) is 0 Å². The highest BCUT2D eigenvalue weighted by Crippen LogP contribution is 2.15. The molecule has 1 heterocycles. The molecule has 9 heteroatoms. The van der Waals surface area contributed by atoms with Crippen LogP contribution in [0.2, 0.25) is 0 Å². The summed E-state index contributed by atoms with van der Waals surface area (Å²) < 4.78 is 46.0. The number of ether oxygens (including phenoxy) is 1. The Hall–Kier alpha value is -2.84. The molecule has 0 spiro atoms. The van der Waals surface area contributed by atoms with Gasteiger partial charge in [-0.15, -0.1) is 0 Å². The van der Waals surface area contributed by atoms with Crippen LogP contribution in [0.15, 0.2) is 34.8 Å². The normalized spacial score (nSPS) is 13.2. The molecule has 0 aliphatic carbocycles. The first-order valence-corrected chi connectivity index (χ1v) is 6.83. The number of benzene rings is 1. The molecule has 1 N–H and O–H groups in total. The summed E-state index contributed by atoms with van der Waals surface area (Å²) >= 11 is 0. The molecule has 1 aromatic carbocycles. The number of rotatable bonds is 5. The lowest BCUT2D eigenvalue weighted by Gasteiger charge is -2.13. The molecule has 128 valence electrons. The van der Waals surface area contributed by atoms with Crippen LogP contribution in [0, 0.1) is 0 Å². The van der Waals surface area contributed by atoms with Crippen molar-refractivity contribution in [2.24, 2.45) is 0 Å². The maximum atomic E-state index is 12.0. The topological polar surface area (TPSA) is 81.4 Å². The number of fused-ring (bicyclic) bond motifs is 1. The zero-order chi connectivity index (χ0) is 17.7. The number of oxazole rings is 1. The van der Waals surface area contributed by atoms with Gasteiger partial charge in [0.2, 0.25) is 5.89 Å². The smallest absolute Gasteiger partial charge is 0.405 e. The number of alkyl halides is 3. The predicted molar refractivity (Wildman–Crippen MR) is 77.7 cm³/mol. The van der Waals surface area contributed by atoms with Crippen molar-refractivity contribution in [2.75, 3.05) is 6.54 Å². The Balaban J connectivity index is 1.88. The van der Waals surface area contributed by atoms with Crippen molar-refractivity contribution in [1.29, 1.82) is 0 Å². The number of aromatic nitrogens is 1. The summed E-state index contributed by atoms with van der Waals surface area (Å²) in [5, 5.41) is 1.62. The fourth-order valence-electron chi connectivity index (χ4n) is 1.70. The molecule has 0 unspecified atom stereocenters. The second kappa shape index (κ2) is 7.16. The van der Waals surface area contributed by atoms with E-state index in [-0.39, 0.29) is 5.89 Å². The Morgan fingerprint density at radius 2 is 2.08 bits per heavy atom. The van der Waals surface area contributed by atoms with Gasteiger partial charge in [-0.1, -0.05) is 12.1 Å². The highest BCUT2D eigenvalue weighted by atomic mass is 19.4. The molecular formula is C15H13F3N2O4. The molecule has 0 aliphatic heterocycles. The summed E-state index contributed by atoms with van der Waals surface area (Å²) in [6, 6.07) is 6.96. The Morgan fingerprint density at radius 1 is 1.38 bits per heavy atom. The maximum absolute atomic E-state index is 12.0. The first-order valence-electron chi connectivity index (χ1n) is 6.83. The Morgan fingerprint density at radius 3 is 2.75 bits per heavy atom. The number of para-hydroxylation sites is 2. The van der Waals surface area contributed by atoms with E-state index >= 15 is 0 Å². The minimum absolute atomic E-state index is 0.155. The minimum atomic E-state index is -4.54. The zero-order valence-electron chi connectivity index (χ0n) is 12.5. The second-order valence-electron chi connectivity index (χ2n) is 4.77. The molecule has 0 aliphatic rings. The number of hydrogen-bond acceptors (Lipinski definition) is 5. The van der Waals surface area contributed by atoms with Crippen LogP contribution in [0.25, 0.3) is 17.2 Å². The van der Waals surface area contributed by atoms with Gasteiger partial charge in [0.15, 0.2) is 11.7 Å². The van der Waals surface area contributed by atoms with Gasteiger partial charge in [0.25, 0.3) is 5.91 Å². The third-order valence-electron chi connectivity index (χ3n) is 2.80. The summed E-state index contributed by atoms with van der Waals surface area (Å²) in [7, 11) is 0. The van der Waals surface area contributed by atoms with E-state index in [1.807, 2.05) is 0 Å². The summed E-state index contributed by atoms with van der Waals surface area (Å²) in [5.41, 5.74) is 1.14. The van der Waals surface area contributed by atoms with Gasteiger partial charge < -0.3 is 14.5 Å². The monoisotopic (exact) mass is 342 g/mol. The first kappa shape index (κ1) is 17.5. The molecular weight excluding hydrogens is 329 g/mol. The van der Waals surface area contributed by atoms with E-state index in [9.17, 15) is 22.8 Å². The van der Waals surface area contributed by atoms with Crippen LogP contribution in [-0.2, 0) is 14.3 Å². The third-order valence-corrected chi connectivity index (χ3v) is 2.80. The van der Waals surface area contributed by atoms with Gasteiger partial charge >= 0.3 is 12.1 Å². The molecule has 0 bridgehead atoms. The fraction of sp³-hybridized carbons (Fsp3) is 0.267. The van der Waals surface area contributed by atoms with Crippen molar-refractivity contribution >= 4 is 29.1 Å². The van der Waals surface area contributed by atoms with Crippen LogP contribution >= 0.6 is 0 Å². The lowest BCUT2D eigenvalue weighted by molar-refractivity contribution is -0.154. The number of hydrogen-bond donors (Lipinski definition) is 1. The molecule has 0 saturated heterocycles. The minimum Gasteiger partial charge on any atom is -0.449 e. The maximum Gasteiger partial charge on any atom is 0.405 e. The Bertz CT molecular complexity index is 734. The highest BCUT2D eigenvalue weighted by molar-refractivity contribution is 5.90. The van der Waals surface area contributed by atoms with E-state index in [2.05, 4.69) is 4.98 Å². The summed E-state index contributed by atoms with van der Waals surface area (Å²) in [6.07, 6.45) is -3.69. The SMILES string of the molecule is C[C@H](OC(=O)/C=C\c1nc2ccccc2o1)C(=O)NCC(F)(F)F. The van der Waals surface area contributed by atoms with Crippen LogP contribution in [0.4, 0.5) is 13.2 Å². The van der Waals surface area contributed by atoms with E-state index in [0.717, 1.165) is 13.0 Å². The van der Waals surface area contributed by atoms with Crippen LogP contribution < -0.4 is 5.32 Å². The van der Waals surface area contributed by atoms with E-state index in [4.69, 9.17) is 9.15 Å². The van der Waals surface area contributed by atoms with E-state index in [0.29, 0.717) is 11.1 Å². The van der Waals surface area contributed by atoms with Crippen molar-refractivity contribution < 1.29 is 31.9 Å². The quantitative estimate of drug-likeness (QED) is 0.667. The van der Waals surface area contributed by atoms with Gasteiger partial charge in [0, 0.05) is 12.2 Å². The van der Waals surface area contributed by atoms with Crippen LogP contribution in [0.1, 0.15) is 12.8 Å². The number of carbonyl (C=O) groups is 2. The van der Waals surface area contributed by atoms with Gasteiger partial charge in [0.1, 0.15) is 12.1 Å². The van der Waals surface area contributed by atoms with E-state index in [1.54, 1.807) is 29.6 Å². The molecule has 1 aromatic heterocycles. The van der Waals surface area contributed by atoms with E-state index in [1.165, 1.54) is 6.08 Å². The van der Waals surface area contributed by atoms with Gasteiger partial charge in [-0.25, -0.2) is 9.78 Å². The van der Waals surface area contributed by atoms with Crippen molar-refractivity contribution in [1.82, 2.24) is 10.3 Å². The zero-order valence-corrected chi connectivity index (χ0v) is 12.5. The van der Waals surface area contributed by atoms with Crippen LogP contribution in [0.3, 0.4) is 0 Å². The third kappa shape index (κ3) is 5.11.